The smallest absolute Gasteiger partial charge is 0.413 e. The minimum absolute atomic E-state index is 0.463. The fourth-order valence-electron chi connectivity index (χ4n) is 1.62. The van der Waals surface area contributed by atoms with Gasteiger partial charge in [-0.25, -0.2) is 0 Å². The number of hydrogen-bond acceptors (Lipinski definition) is 1. The summed E-state index contributed by atoms with van der Waals surface area (Å²) in [5, 5.41) is 9.47. The highest BCUT2D eigenvalue weighted by molar-refractivity contribution is 6.46. The summed E-state index contributed by atoms with van der Waals surface area (Å²) in [6, 6.07) is 7.99. The predicted octanol–water partition coefficient (Wildman–Crippen LogP) is 1.37. The molecule has 2 rings (SSSR count). The second-order valence-corrected chi connectivity index (χ2v) is 3.41. The van der Waals surface area contributed by atoms with E-state index in [0.717, 1.165) is 17.8 Å². The molecule has 72 valence electrons. The molecule has 0 unspecified atom stereocenters. The van der Waals surface area contributed by atoms with Gasteiger partial charge in [0.05, 0.1) is 0 Å². The molecule has 0 spiro atoms. The number of hydrogen-bond donors (Lipinski definition) is 2. The Kier molecular flexibility index (Phi) is 2.46. The molecule has 0 saturated heterocycles. The van der Waals surface area contributed by atoms with E-state index in [9.17, 15) is 5.02 Å². The molecular weight excluding hydrogens is 175 g/mol. The molecule has 2 heterocycles. The van der Waals surface area contributed by atoms with Crippen LogP contribution in [-0.4, -0.2) is 21.5 Å². The van der Waals surface area contributed by atoms with Crippen LogP contribution >= 0.6 is 0 Å². The third-order valence-electron chi connectivity index (χ3n) is 2.30. The van der Waals surface area contributed by atoms with Crippen molar-refractivity contribution in [3.63, 3.8) is 0 Å². The van der Waals surface area contributed by atoms with Gasteiger partial charge in [0, 0.05) is 24.0 Å². The van der Waals surface area contributed by atoms with Crippen LogP contribution in [0, 0.1) is 0 Å². The van der Waals surface area contributed by atoms with E-state index in [-0.39, 0.29) is 0 Å². The topological polar surface area (TPSA) is 41.0 Å². The Labute approximate surface area is 83.5 Å². The summed E-state index contributed by atoms with van der Waals surface area (Å²) < 4.78 is 1.86. The summed E-state index contributed by atoms with van der Waals surface area (Å²) in [7, 11) is -0.463. The van der Waals surface area contributed by atoms with Crippen LogP contribution in [0.1, 0.15) is 11.4 Å². The molecule has 3 nitrogen and oxygen atoms in total. The van der Waals surface area contributed by atoms with Gasteiger partial charge in [-0.05, 0) is 37.3 Å². The molecule has 0 aliphatic carbocycles. The van der Waals surface area contributed by atoms with Crippen LogP contribution in [0.15, 0.2) is 36.7 Å². The molecule has 2 N–H and O–H groups in total. The van der Waals surface area contributed by atoms with E-state index in [2.05, 4.69) is 4.98 Å². The van der Waals surface area contributed by atoms with Crippen LogP contribution in [0.3, 0.4) is 0 Å². The summed E-state index contributed by atoms with van der Waals surface area (Å²) in [6.07, 6.45) is 4.62. The van der Waals surface area contributed by atoms with Crippen molar-refractivity contribution in [1.82, 2.24) is 9.46 Å². The standard InChI is InChI=1S/C10H13BN2O/c1-11(14)13-7-3-5-10(13)8-9-4-2-6-12-9/h2-7,12,14H,8H2,1H3. The number of aromatic amines is 1. The Balaban J connectivity index is 2.21. The zero-order valence-corrected chi connectivity index (χ0v) is 8.14. The van der Waals surface area contributed by atoms with Gasteiger partial charge in [-0.15, -0.1) is 0 Å². The molecule has 0 radical (unpaired) electrons. The first-order valence-electron chi connectivity index (χ1n) is 4.73. The lowest BCUT2D eigenvalue weighted by Gasteiger charge is -2.08. The first kappa shape index (κ1) is 9.15. The average Bonchev–Trinajstić information content (AvgIpc) is 2.75. The van der Waals surface area contributed by atoms with Gasteiger partial charge in [0.15, 0.2) is 0 Å². The molecule has 0 fully saturated rings. The Bertz CT molecular complexity index is 392. The quantitative estimate of drug-likeness (QED) is 0.701. The zero-order chi connectivity index (χ0) is 9.97. The molecule has 0 aliphatic rings. The van der Waals surface area contributed by atoms with E-state index in [1.54, 1.807) is 6.82 Å². The highest BCUT2D eigenvalue weighted by atomic mass is 16.2. The van der Waals surface area contributed by atoms with Gasteiger partial charge in [0.1, 0.15) is 0 Å². The Morgan fingerprint density at radius 2 is 2.29 bits per heavy atom. The first-order chi connectivity index (χ1) is 6.77. The molecule has 0 aromatic carbocycles. The zero-order valence-electron chi connectivity index (χ0n) is 8.14. The van der Waals surface area contributed by atoms with Crippen LogP contribution in [-0.2, 0) is 6.42 Å². The molecule has 0 aliphatic heterocycles. The normalized spacial score (nSPS) is 10.4. The van der Waals surface area contributed by atoms with Gasteiger partial charge >= 0.3 is 7.05 Å². The highest BCUT2D eigenvalue weighted by Crippen LogP contribution is 2.08. The van der Waals surface area contributed by atoms with Crippen LogP contribution in [0.25, 0.3) is 0 Å². The van der Waals surface area contributed by atoms with Crippen LogP contribution in [0.5, 0.6) is 0 Å². The molecule has 0 amide bonds. The minimum atomic E-state index is -0.463. The summed E-state index contributed by atoms with van der Waals surface area (Å²) in [5.74, 6) is 0. The van der Waals surface area contributed by atoms with Gasteiger partial charge in [-0.3, -0.25) is 0 Å². The third kappa shape index (κ3) is 1.75. The van der Waals surface area contributed by atoms with E-state index >= 15 is 0 Å². The van der Waals surface area contributed by atoms with Gasteiger partial charge in [-0.1, -0.05) is 0 Å². The first-order valence-corrected chi connectivity index (χ1v) is 4.73. The maximum Gasteiger partial charge on any atom is 0.413 e. The van der Waals surface area contributed by atoms with Crippen molar-refractivity contribution >= 4 is 7.05 Å². The molecule has 0 atom stereocenters. The van der Waals surface area contributed by atoms with Crippen LogP contribution in [0.4, 0.5) is 0 Å². The van der Waals surface area contributed by atoms with Crippen LogP contribution < -0.4 is 0 Å². The number of nitrogens with one attached hydrogen (secondary N) is 1. The lowest BCUT2D eigenvalue weighted by molar-refractivity contribution is 0.560. The number of aromatic nitrogens is 2. The van der Waals surface area contributed by atoms with E-state index in [0.29, 0.717) is 0 Å². The maximum atomic E-state index is 9.47. The van der Waals surface area contributed by atoms with Gasteiger partial charge < -0.3 is 14.5 Å². The molecule has 2 aromatic heterocycles. The lowest BCUT2D eigenvalue weighted by Crippen LogP contribution is -2.21. The molecule has 2 aromatic rings. The average molecular weight is 188 g/mol. The molecule has 0 bridgehead atoms. The molecule has 0 saturated carbocycles. The van der Waals surface area contributed by atoms with Crippen molar-refractivity contribution < 1.29 is 5.02 Å². The number of rotatable bonds is 3. The number of H-pyrrole nitrogens is 1. The Morgan fingerprint density at radius 3 is 2.93 bits per heavy atom. The minimum Gasteiger partial charge on any atom is -0.432 e. The lowest BCUT2D eigenvalue weighted by atomic mass is 9.87. The SMILES string of the molecule is CB(O)n1cccc1Cc1ccc[nH]1. The molecule has 14 heavy (non-hydrogen) atoms. The van der Waals surface area contributed by atoms with Crippen molar-refractivity contribution in [2.75, 3.05) is 0 Å². The third-order valence-corrected chi connectivity index (χ3v) is 2.30. The van der Waals surface area contributed by atoms with E-state index in [4.69, 9.17) is 0 Å². The van der Waals surface area contributed by atoms with Gasteiger partial charge in [0.25, 0.3) is 0 Å². The van der Waals surface area contributed by atoms with Gasteiger partial charge in [0.2, 0.25) is 0 Å². The summed E-state index contributed by atoms with van der Waals surface area (Å²) in [5.41, 5.74) is 2.27. The second kappa shape index (κ2) is 3.76. The second-order valence-electron chi connectivity index (χ2n) is 3.41. The van der Waals surface area contributed by atoms with Crippen molar-refractivity contribution in [2.45, 2.75) is 13.2 Å². The van der Waals surface area contributed by atoms with Crippen molar-refractivity contribution in [3.05, 3.63) is 48.0 Å². The summed E-state index contributed by atoms with van der Waals surface area (Å²) in [6.45, 7) is 1.76. The number of nitrogens with zero attached hydrogens (tertiary/aromatic N) is 1. The Hall–Kier alpha value is -1.42. The van der Waals surface area contributed by atoms with E-state index in [1.165, 1.54) is 0 Å². The fraction of sp³-hybridized carbons (Fsp3) is 0.200. The maximum absolute atomic E-state index is 9.47. The summed E-state index contributed by atoms with van der Waals surface area (Å²) >= 11 is 0. The molecular formula is C10H13BN2O. The van der Waals surface area contributed by atoms with Gasteiger partial charge in [-0.2, -0.15) is 0 Å². The Morgan fingerprint density at radius 1 is 1.43 bits per heavy atom. The largest absolute Gasteiger partial charge is 0.432 e. The van der Waals surface area contributed by atoms with Crippen molar-refractivity contribution in [3.8, 4) is 0 Å². The van der Waals surface area contributed by atoms with Crippen LogP contribution in [0.2, 0.25) is 6.82 Å². The van der Waals surface area contributed by atoms with E-state index in [1.807, 2.05) is 41.1 Å². The molecule has 4 heteroatoms. The fourth-order valence-corrected chi connectivity index (χ4v) is 1.62. The van der Waals surface area contributed by atoms with E-state index < -0.39 is 7.05 Å². The van der Waals surface area contributed by atoms with Crippen molar-refractivity contribution in [1.29, 1.82) is 0 Å². The van der Waals surface area contributed by atoms with Crippen molar-refractivity contribution in [2.24, 2.45) is 0 Å². The summed E-state index contributed by atoms with van der Waals surface area (Å²) in [4.78, 5) is 3.15. The highest BCUT2D eigenvalue weighted by Gasteiger charge is 2.10. The monoisotopic (exact) mass is 188 g/mol. The predicted molar refractivity (Wildman–Crippen MR) is 57.3 cm³/mol.